The molecule has 1 N–H and O–H groups in total. The van der Waals surface area contributed by atoms with Crippen molar-refractivity contribution in [2.24, 2.45) is 11.8 Å². The van der Waals surface area contributed by atoms with Crippen LogP contribution in [-0.2, 0) is 4.79 Å². The Morgan fingerprint density at radius 2 is 2.13 bits per heavy atom. The SMILES string of the molecule is CCCC(CC)C(NC(=O)C1CCN(c2cccnc2)C1)c1c(F)ccc(Cl)c1F. The van der Waals surface area contributed by atoms with E-state index in [1.54, 1.807) is 12.4 Å². The second-order valence-electron chi connectivity index (χ2n) is 7.84. The minimum absolute atomic E-state index is 0.0859. The van der Waals surface area contributed by atoms with E-state index in [9.17, 15) is 13.6 Å². The minimum atomic E-state index is -0.792. The molecule has 0 radical (unpaired) electrons. The van der Waals surface area contributed by atoms with Crippen LogP contribution in [0.2, 0.25) is 5.02 Å². The normalized spacial score (nSPS) is 18.3. The maximum Gasteiger partial charge on any atom is 0.225 e. The lowest BCUT2D eigenvalue weighted by molar-refractivity contribution is -0.125. The highest BCUT2D eigenvalue weighted by molar-refractivity contribution is 6.30. The van der Waals surface area contributed by atoms with Crippen molar-refractivity contribution in [1.29, 1.82) is 0 Å². The summed E-state index contributed by atoms with van der Waals surface area (Å²) in [6.45, 7) is 5.28. The lowest BCUT2D eigenvalue weighted by Gasteiger charge is -2.29. The van der Waals surface area contributed by atoms with Crippen LogP contribution < -0.4 is 10.2 Å². The Kier molecular flexibility index (Phi) is 7.64. The number of benzene rings is 1. The van der Waals surface area contributed by atoms with Crippen molar-refractivity contribution in [2.75, 3.05) is 18.0 Å². The van der Waals surface area contributed by atoms with E-state index in [1.165, 1.54) is 6.07 Å². The number of hydrogen-bond donors (Lipinski definition) is 1. The zero-order chi connectivity index (χ0) is 21.7. The average Bonchev–Trinajstić information content (AvgIpc) is 3.25. The van der Waals surface area contributed by atoms with Crippen LogP contribution in [0.1, 0.15) is 51.1 Å². The molecule has 162 valence electrons. The molecule has 1 aliphatic heterocycles. The van der Waals surface area contributed by atoms with Gasteiger partial charge >= 0.3 is 0 Å². The van der Waals surface area contributed by atoms with Gasteiger partial charge in [0.25, 0.3) is 0 Å². The van der Waals surface area contributed by atoms with Crippen LogP contribution >= 0.6 is 11.6 Å². The van der Waals surface area contributed by atoms with Gasteiger partial charge in [0.2, 0.25) is 5.91 Å². The Hall–Kier alpha value is -2.21. The van der Waals surface area contributed by atoms with Gasteiger partial charge in [-0.2, -0.15) is 0 Å². The maximum absolute atomic E-state index is 14.8. The van der Waals surface area contributed by atoms with E-state index in [0.717, 1.165) is 31.1 Å². The van der Waals surface area contributed by atoms with Crippen LogP contribution in [0.4, 0.5) is 14.5 Å². The fraction of sp³-hybridized carbons (Fsp3) is 0.478. The van der Waals surface area contributed by atoms with Gasteiger partial charge in [-0.05, 0) is 43.0 Å². The molecular formula is C23H28ClF2N3O. The first kappa shape index (κ1) is 22.5. The molecule has 0 bridgehead atoms. The van der Waals surface area contributed by atoms with E-state index in [4.69, 9.17) is 11.6 Å². The van der Waals surface area contributed by atoms with Crippen molar-refractivity contribution < 1.29 is 13.6 Å². The number of amides is 1. The predicted molar refractivity (Wildman–Crippen MR) is 115 cm³/mol. The Morgan fingerprint density at radius 1 is 1.33 bits per heavy atom. The number of nitrogens with one attached hydrogen (secondary N) is 1. The zero-order valence-electron chi connectivity index (χ0n) is 17.4. The summed E-state index contributed by atoms with van der Waals surface area (Å²) in [5.74, 6) is -1.99. The number of nitrogens with zero attached hydrogens (tertiary/aromatic N) is 2. The van der Waals surface area contributed by atoms with Crippen LogP contribution in [-0.4, -0.2) is 24.0 Å². The van der Waals surface area contributed by atoms with Crippen LogP contribution in [0.3, 0.4) is 0 Å². The van der Waals surface area contributed by atoms with Crippen molar-refractivity contribution in [1.82, 2.24) is 10.3 Å². The largest absolute Gasteiger partial charge is 0.369 e. The molecule has 1 amide bonds. The highest BCUT2D eigenvalue weighted by atomic mass is 35.5. The smallest absolute Gasteiger partial charge is 0.225 e. The molecular weight excluding hydrogens is 408 g/mol. The van der Waals surface area contributed by atoms with E-state index in [2.05, 4.69) is 15.2 Å². The van der Waals surface area contributed by atoms with Gasteiger partial charge in [-0.25, -0.2) is 8.78 Å². The first-order valence-corrected chi connectivity index (χ1v) is 10.9. The van der Waals surface area contributed by atoms with Gasteiger partial charge in [0, 0.05) is 24.8 Å². The van der Waals surface area contributed by atoms with Gasteiger partial charge in [0.05, 0.1) is 28.9 Å². The summed E-state index contributed by atoms with van der Waals surface area (Å²) in [6, 6.07) is 5.44. The maximum atomic E-state index is 14.8. The summed E-state index contributed by atoms with van der Waals surface area (Å²) in [6.07, 6.45) is 6.45. The number of carbonyl (C=O) groups excluding carboxylic acids is 1. The Bertz CT molecular complexity index is 865. The molecule has 3 rings (SSSR count). The number of carbonyl (C=O) groups is 1. The lowest BCUT2D eigenvalue weighted by atomic mass is 9.86. The molecule has 0 aliphatic carbocycles. The topological polar surface area (TPSA) is 45.2 Å². The molecule has 2 heterocycles. The standard InChI is InChI=1S/C23H28ClF2N3O/c1-3-6-15(4-2)22(20-19(25)9-8-18(24)21(20)26)28-23(30)16-10-12-29(14-16)17-7-5-11-27-13-17/h5,7-9,11,13,15-16,22H,3-4,6,10,12,14H2,1-2H3,(H,28,30). The van der Waals surface area contributed by atoms with Crippen LogP contribution in [0.25, 0.3) is 0 Å². The molecule has 3 atom stereocenters. The summed E-state index contributed by atoms with van der Waals surface area (Å²) in [7, 11) is 0. The van der Waals surface area contributed by atoms with Gasteiger partial charge < -0.3 is 10.2 Å². The van der Waals surface area contributed by atoms with Gasteiger partial charge in [-0.3, -0.25) is 9.78 Å². The minimum Gasteiger partial charge on any atom is -0.369 e. The molecule has 1 aromatic carbocycles. The van der Waals surface area contributed by atoms with Gasteiger partial charge in [-0.1, -0.05) is 38.3 Å². The van der Waals surface area contributed by atoms with Crippen molar-refractivity contribution in [3.8, 4) is 0 Å². The van der Waals surface area contributed by atoms with Crippen molar-refractivity contribution in [2.45, 2.75) is 45.6 Å². The lowest BCUT2D eigenvalue weighted by Crippen LogP contribution is -2.39. The van der Waals surface area contributed by atoms with E-state index in [-0.39, 0.29) is 28.3 Å². The summed E-state index contributed by atoms with van der Waals surface area (Å²) in [5, 5.41) is 2.83. The van der Waals surface area contributed by atoms with Gasteiger partial charge in [0.1, 0.15) is 11.6 Å². The molecule has 30 heavy (non-hydrogen) atoms. The molecule has 1 fully saturated rings. The van der Waals surface area contributed by atoms with E-state index in [1.807, 2.05) is 26.0 Å². The quantitative estimate of drug-likeness (QED) is 0.555. The highest BCUT2D eigenvalue weighted by Crippen LogP contribution is 2.35. The molecule has 0 spiro atoms. The average molecular weight is 436 g/mol. The molecule has 0 saturated carbocycles. The fourth-order valence-electron chi connectivity index (χ4n) is 4.25. The summed E-state index contributed by atoms with van der Waals surface area (Å²) < 4.78 is 29.5. The van der Waals surface area contributed by atoms with E-state index in [0.29, 0.717) is 19.4 Å². The second kappa shape index (κ2) is 10.2. The number of aromatic nitrogens is 1. The number of rotatable bonds is 8. The first-order valence-electron chi connectivity index (χ1n) is 10.5. The van der Waals surface area contributed by atoms with Gasteiger partial charge in [-0.15, -0.1) is 0 Å². The summed E-state index contributed by atoms with van der Waals surface area (Å²) in [5.41, 5.74) is 0.826. The van der Waals surface area contributed by atoms with Gasteiger partial charge in [0.15, 0.2) is 0 Å². The molecule has 4 nitrogen and oxygen atoms in total. The molecule has 3 unspecified atom stereocenters. The fourth-order valence-corrected chi connectivity index (χ4v) is 4.42. The van der Waals surface area contributed by atoms with Crippen LogP contribution in [0, 0.1) is 23.5 Å². The van der Waals surface area contributed by atoms with Crippen LogP contribution in [0.5, 0.6) is 0 Å². The number of halogens is 3. The Balaban J connectivity index is 1.82. The summed E-state index contributed by atoms with van der Waals surface area (Å²) >= 11 is 5.94. The van der Waals surface area contributed by atoms with Crippen molar-refractivity contribution >= 4 is 23.2 Å². The molecule has 1 aromatic heterocycles. The molecule has 7 heteroatoms. The van der Waals surface area contributed by atoms with Crippen molar-refractivity contribution in [3.05, 3.63) is 58.9 Å². The third-order valence-electron chi connectivity index (χ3n) is 5.91. The number of pyridine rings is 1. The zero-order valence-corrected chi connectivity index (χ0v) is 18.1. The van der Waals surface area contributed by atoms with Crippen molar-refractivity contribution in [3.63, 3.8) is 0 Å². The first-order chi connectivity index (χ1) is 14.5. The monoisotopic (exact) mass is 435 g/mol. The van der Waals surface area contributed by atoms with E-state index < -0.39 is 17.7 Å². The number of anilines is 1. The second-order valence-corrected chi connectivity index (χ2v) is 8.25. The van der Waals surface area contributed by atoms with Crippen LogP contribution in [0.15, 0.2) is 36.7 Å². The summed E-state index contributed by atoms with van der Waals surface area (Å²) in [4.78, 5) is 19.3. The Morgan fingerprint density at radius 3 is 2.80 bits per heavy atom. The third-order valence-corrected chi connectivity index (χ3v) is 6.21. The predicted octanol–water partition coefficient (Wildman–Crippen LogP) is 5.52. The molecule has 1 aliphatic rings. The number of hydrogen-bond acceptors (Lipinski definition) is 3. The molecule has 1 saturated heterocycles. The van der Waals surface area contributed by atoms with E-state index >= 15 is 0 Å². The third kappa shape index (κ3) is 4.91. The highest BCUT2D eigenvalue weighted by Gasteiger charge is 2.34. The Labute approximate surface area is 181 Å². The molecule has 2 aromatic rings.